The minimum absolute atomic E-state index is 0.0911. The van der Waals surface area contributed by atoms with Crippen LogP contribution in [0.3, 0.4) is 0 Å². The fraction of sp³-hybridized carbons (Fsp3) is 0.286. The minimum atomic E-state index is -1.20. The number of amides is 3. The maximum absolute atomic E-state index is 13.6. The molecule has 44 heavy (non-hydrogen) atoms. The highest BCUT2D eigenvalue weighted by molar-refractivity contribution is 6.24. The number of H-pyrrole nitrogens is 1. The summed E-state index contributed by atoms with van der Waals surface area (Å²) >= 11 is 0. The lowest BCUT2D eigenvalue weighted by molar-refractivity contribution is -0.154. The summed E-state index contributed by atoms with van der Waals surface area (Å²) in [6, 6.07) is 5.98. The molecule has 0 radical (unpaired) electrons. The Morgan fingerprint density at radius 3 is 2.59 bits per heavy atom. The molecule has 1 aliphatic rings. The van der Waals surface area contributed by atoms with E-state index in [1.54, 1.807) is 19.9 Å². The molecule has 4 rings (SSSR count). The number of carbonyl (C=O) groups excluding carboxylic acids is 4. The van der Waals surface area contributed by atoms with Gasteiger partial charge in [0.05, 0.1) is 29.8 Å². The van der Waals surface area contributed by atoms with Crippen LogP contribution >= 0.6 is 0 Å². The predicted octanol–water partition coefficient (Wildman–Crippen LogP) is 3.13. The van der Waals surface area contributed by atoms with Crippen LogP contribution in [-0.4, -0.2) is 70.1 Å². The molecule has 1 saturated carbocycles. The summed E-state index contributed by atoms with van der Waals surface area (Å²) in [5.41, 5.74) is 1.60. The number of carboxylic acids is 1. The molecule has 0 spiro atoms. The first-order valence-electron chi connectivity index (χ1n) is 13.3. The number of aliphatic imine (C=N–C) groups is 1. The highest BCUT2D eigenvalue weighted by atomic mass is 16.7. The summed E-state index contributed by atoms with van der Waals surface area (Å²) in [6.07, 6.45) is 3.14. The van der Waals surface area contributed by atoms with Crippen molar-refractivity contribution in [2.24, 2.45) is 4.99 Å². The molecule has 0 atom stereocenters. The number of carboxylic acid groups (broad SMARTS) is 1. The number of hydrogen-bond donors (Lipinski definition) is 5. The van der Waals surface area contributed by atoms with E-state index >= 15 is 0 Å². The van der Waals surface area contributed by atoms with Crippen LogP contribution < -0.4 is 15.5 Å². The topological polar surface area (TPSA) is 229 Å². The van der Waals surface area contributed by atoms with Crippen molar-refractivity contribution in [3.8, 4) is 0 Å². The number of rotatable bonds is 12. The zero-order chi connectivity index (χ0) is 31.8. The fourth-order valence-electron chi connectivity index (χ4n) is 4.00. The van der Waals surface area contributed by atoms with Gasteiger partial charge < -0.3 is 34.7 Å². The summed E-state index contributed by atoms with van der Waals surface area (Å²) in [7, 11) is 0. The van der Waals surface area contributed by atoms with E-state index in [2.05, 4.69) is 25.8 Å². The predicted molar refractivity (Wildman–Crippen MR) is 154 cm³/mol. The summed E-state index contributed by atoms with van der Waals surface area (Å²) in [4.78, 5) is 70.0. The number of amidine groups is 1. The molecule has 0 aliphatic heterocycles. The fourth-order valence-corrected chi connectivity index (χ4v) is 4.00. The van der Waals surface area contributed by atoms with E-state index < -0.39 is 43.6 Å². The van der Waals surface area contributed by atoms with Gasteiger partial charge in [-0.05, 0) is 49.9 Å². The van der Waals surface area contributed by atoms with E-state index in [9.17, 15) is 24.0 Å². The van der Waals surface area contributed by atoms with Crippen LogP contribution in [0.2, 0.25) is 0 Å². The number of benzene rings is 1. The highest BCUT2D eigenvalue weighted by Gasteiger charge is 2.31. The lowest BCUT2D eigenvalue weighted by Gasteiger charge is -2.25. The van der Waals surface area contributed by atoms with Crippen molar-refractivity contribution in [1.82, 2.24) is 15.5 Å². The second kappa shape index (κ2) is 13.9. The van der Waals surface area contributed by atoms with Crippen molar-refractivity contribution in [1.29, 1.82) is 5.41 Å². The molecular weight excluding hydrogens is 578 g/mol. The number of nitrogens with one attached hydrogen (secondary N) is 4. The number of anilines is 2. The van der Waals surface area contributed by atoms with Gasteiger partial charge >= 0.3 is 18.0 Å². The van der Waals surface area contributed by atoms with Gasteiger partial charge in [0, 0.05) is 23.9 Å². The number of esters is 1. The van der Waals surface area contributed by atoms with Crippen molar-refractivity contribution >= 4 is 53.5 Å². The van der Waals surface area contributed by atoms with Crippen molar-refractivity contribution in [3.63, 3.8) is 0 Å². The largest absolute Gasteiger partial charge is 0.481 e. The smallest absolute Gasteiger partial charge is 0.423 e. The molecule has 1 fully saturated rings. The Morgan fingerprint density at radius 2 is 1.93 bits per heavy atom. The normalized spacial score (nSPS) is 12.6. The first-order valence-corrected chi connectivity index (χ1v) is 13.3. The van der Waals surface area contributed by atoms with Crippen LogP contribution in [-0.2, 0) is 19.1 Å². The van der Waals surface area contributed by atoms with Crippen LogP contribution in [0.1, 0.15) is 63.2 Å². The van der Waals surface area contributed by atoms with Crippen LogP contribution in [0.5, 0.6) is 0 Å². The third kappa shape index (κ3) is 7.72. The number of ether oxygens (including phenoxy) is 2. The quantitative estimate of drug-likeness (QED) is 0.0874. The van der Waals surface area contributed by atoms with Crippen molar-refractivity contribution in [2.75, 3.05) is 17.0 Å². The summed E-state index contributed by atoms with van der Waals surface area (Å²) in [5.74, 6) is -3.03. The van der Waals surface area contributed by atoms with E-state index in [1.165, 1.54) is 30.7 Å². The third-order valence-electron chi connectivity index (χ3n) is 6.44. The van der Waals surface area contributed by atoms with Gasteiger partial charge in [-0.2, -0.15) is 0 Å². The van der Waals surface area contributed by atoms with Crippen LogP contribution in [0.25, 0.3) is 0 Å². The monoisotopic (exact) mass is 607 g/mol. The van der Waals surface area contributed by atoms with Gasteiger partial charge in [0.15, 0.2) is 11.7 Å². The molecule has 1 aromatic carbocycles. The zero-order valence-corrected chi connectivity index (χ0v) is 23.7. The van der Waals surface area contributed by atoms with Gasteiger partial charge in [-0.3, -0.25) is 24.6 Å². The van der Waals surface area contributed by atoms with E-state index in [0.717, 1.165) is 17.7 Å². The molecular formula is C28H29N7O9. The Hall–Kier alpha value is -5.80. The van der Waals surface area contributed by atoms with E-state index in [1.807, 2.05) is 0 Å². The molecule has 16 heteroatoms. The van der Waals surface area contributed by atoms with Gasteiger partial charge in [0.2, 0.25) is 6.79 Å². The number of carbonyl (C=O) groups is 5. The minimum Gasteiger partial charge on any atom is -0.481 e. The van der Waals surface area contributed by atoms with Crippen LogP contribution in [0, 0.1) is 19.3 Å². The number of aromatic nitrogens is 2. The van der Waals surface area contributed by atoms with E-state index in [4.69, 9.17) is 24.5 Å². The van der Waals surface area contributed by atoms with Gasteiger partial charge in [0.1, 0.15) is 12.6 Å². The Bertz CT molecular complexity index is 1610. The number of aryl methyl sites for hydroxylation is 1. The summed E-state index contributed by atoms with van der Waals surface area (Å²) < 4.78 is 14.8. The number of nitrogens with zero attached hydrogens (tertiary/aromatic N) is 3. The molecule has 0 bridgehead atoms. The molecule has 230 valence electrons. The Balaban J connectivity index is 1.69. The first kappa shape index (κ1) is 31.1. The summed E-state index contributed by atoms with van der Waals surface area (Å²) in [5, 5.41) is 25.6. The molecule has 3 amide bonds. The van der Waals surface area contributed by atoms with Gasteiger partial charge in [-0.25, -0.2) is 14.7 Å². The lowest BCUT2D eigenvalue weighted by Crippen LogP contribution is -2.40. The van der Waals surface area contributed by atoms with Crippen LogP contribution in [0.15, 0.2) is 46.2 Å². The second-order valence-electron chi connectivity index (χ2n) is 9.65. The molecule has 3 aromatic rings. The molecule has 2 aromatic heterocycles. The number of aliphatic carboxylic acids is 1. The standard InChI is InChI=1S/C28H29N7O9/c1-15-3-4-17(26(39)33-21-9-10-44-34-21)11-20(15)35(28(41)43-14-42-23(38)8-7-22(36)37)25(31-13-29)24-16(2)19(12-30-24)27(40)32-18-5-6-18/h3-4,9-13,18,29-30H,5-8,14H2,1-2H3,(H,32,40)(H,36,37)(H,33,34,39). The molecule has 1 aliphatic carbocycles. The maximum atomic E-state index is 13.6. The molecule has 16 nitrogen and oxygen atoms in total. The van der Waals surface area contributed by atoms with E-state index in [0.29, 0.717) is 23.0 Å². The Morgan fingerprint density at radius 1 is 1.16 bits per heavy atom. The maximum Gasteiger partial charge on any atom is 0.423 e. The van der Waals surface area contributed by atoms with Crippen molar-refractivity contribution in [2.45, 2.75) is 45.6 Å². The van der Waals surface area contributed by atoms with Crippen molar-refractivity contribution < 1.29 is 43.1 Å². The summed E-state index contributed by atoms with van der Waals surface area (Å²) in [6.45, 7) is 2.42. The van der Waals surface area contributed by atoms with Crippen molar-refractivity contribution in [3.05, 3.63) is 64.7 Å². The molecule has 5 N–H and O–H groups in total. The van der Waals surface area contributed by atoms with E-state index in [-0.39, 0.29) is 40.5 Å². The average molecular weight is 608 g/mol. The average Bonchev–Trinajstić information content (AvgIpc) is 3.48. The number of hydrogen-bond acceptors (Lipinski definition) is 10. The lowest BCUT2D eigenvalue weighted by atomic mass is 10.1. The molecule has 0 saturated heterocycles. The Kier molecular flexibility index (Phi) is 9.85. The second-order valence-corrected chi connectivity index (χ2v) is 9.65. The molecule has 2 heterocycles. The Labute approximate surface area is 249 Å². The first-order chi connectivity index (χ1) is 21.1. The van der Waals surface area contributed by atoms with Gasteiger partial charge in [-0.15, -0.1) is 0 Å². The molecule has 0 unspecified atom stereocenters. The highest BCUT2D eigenvalue weighted by Crippen LogP contribution is 2.28. The van der Waals surface area contributed by atoms with Crippen LogP contribution in [0.4, 0.5) is 16.3 Å². The number of aromatic amines is 1. The van der Waals surface area contributed by atoms with Gasteiger partial charge in [-0.1, -0.05) is 11.2 Å². The zero-order valence-electron chi connectivity index (χ0n) is 23.7. The SMILES string of the molecule is Cc1ccc(C(=O)Nc2ccon2)cc1N(C(=O)OCOC(=O)CCC(=O)O)C(=NC=N)c1[nH]cc(C(=O)NC2CC2)c1C. The van der Waals surface area contributed by atoms with Gasteiger partial charge in [0.25, 0.3) is 11.8 Å². The third-order valence-corrected chi connectivity index (χ3v) is 6.44.